The second-order valence-corrected chi connectivity index (χ2v) is 6.78. The van der Waals surface area contributed by atoms with Crippen LogP contribution in [0.2, 0.25) is 0 Å². The van der Waals surface area contributed by atoms with Crippen LogP contribution in [0.25, 0.3) is 0 Å². The van der Waals surface area contributed by atoms with Gasteiger partial charge in [-0.3, -0.25) is 0 Å². The Morgan fingerprint density at radius 2 is 2.05 bits per heavy atom. The summed E-state index contributed by atoms with van der Waals surface area (Å²) in [6.45, 7) is 7.67. The van der Waals surface area contributed by atoms with E-state index in [0.29, 0.717) is 5.41 Å². The Morgan fingerprint density at radius 1 is 1.32 bits per heavy atom. The minimum atomic E-state index is 0.518. The topological polar surface area (TPSA) is 21.3 Å². The molecule has 1 fully saturated rings. The molecule has 0 aromatic heterocycles. The number of hydrogen-bond acceptors (Lipinski definition) is 2. The van der Waals surface area contributed by atoms with Gasteiger partial charge in [0.05, 0.1) is 6.61 Å². The number of aryl methyl sites for hydroxylation is 1. The molecule has 0 bridgehead atoms. The van der Waals surface area contributed by atoms with Crippen molar-refractivity contribution in [3.8, 4) is 5.75 Å². The molecular weight excluding hydrogens is 302 g/mol. The normalized spacial score (nSPS) is 18.3. The van der Waals surface area contributed by atoms with Crippen LogP contribution in [0, 0.1) is 12.3 Å². The van der Waals surface area contributed by atoms with Gasteiger partial charge in [-0.05, 0) is 74.9 Å². The highest BCUT2D eigenvalue weighted by Gasteiger charge is 2.25. The second kappa shape index (κ2) is 6.76. The maximum atomic E-state index is 5.84. The molecule has 1 N–H and O–H groups in total. The number of nitrogens with one attached hydrogen (secondary N) is 1. The van der Waals surface area contributed by atoms with Crippen molar-refractivity contribution in [3.05, 3.63) is 28.2 Å². The highest BCUT2D eigenvalue weighted by molar-refractivity contribution is 9.10. The van der Waals surface area contributed by atoms with Crippen LogP contribution in [0.3, 0.4) is 0 Å². The molecule has 0 unspecified atom stereocenters. The van der Waals surface area contributed by atoms with Crippen LogP contribution in [0.4, 0.5) is 0 Å². The third kappa shape index (κ3) is 4.50. The summed E-state index contributed by atoms with van der Waals surface area (Å²) < 4.78 is 6.98. The van der Waals surface area contributed by atoms with E-state index in [2.05, 4.69) is 47.2 Å². The van der Waals surface area contributed by atoms with Crippen LogP contribution in [-0.4, -0.2) is 19.7 Å². The van der Waals surface area contributed by atoms with Crippen molar-refractivity contribution in [2.24, 2.45) is 5.41 Å². The van der Waals surface area contributed by atoms with Crippen molar-refractivity contribution < 1.29 is 4.74 Å². The number of piperidine rings is 1. The Labute approximate surface area is 125 Å². The minimum absolute atomic E-state index is 0.518. The minimum Gasteiger partial charge on any atom is -0.494 e. The van der Waals surface area contributed by atoms with E-state index in [0.717, 1.165) is 23.2 Å². The van der Waals surface area contributed by atoms with E-state index in [1.54, 1.807) is 0 Å². The van der Waals surface area contributed by atoms with Crippen molar-refractivity contribution in [2.45, 2.75) is 39.5 Å². The van der Waals surface area contributed by atoms with E-state index in [-0.39, 0.29) is 0 Å². The number of hydrogen-bond donors (Lipinski definition) is 1. The SMILES string of the molecule is Cc1cc(OCCCC2(C)CCNCC2)ccc1Br. The quantitative estimate of drug-likeness (QED) is 0.814. The van der Waals surface area contributed by atoms with Crippen molar-refractivity contribution in [1.82, 2.24) is 5.32 Å². The molecule has 1 aromatic rings. The van der Waals surface area contributed by atoms with Gasteiger partial charge in [0.2, 0.25) is 0 Å². The number of benzene rings is 1. The molecule has 0 saturated carbocycles. The molecule has 1 saturated heterocycles. The van der Waals surface area contributed by atoms with E-state index >= 15 is 0 Å². The Bertz CT molecular complexity index is 413. The Kier molecular flexibility index (Phi) is 5.28. The summed E-state index contributed by atoms with van der Waals surface area (Å²) in [5.41, 5.74) is 1.74. The molecule has 3 heteroatoms. The lowest BCUT2D eigenvalue weighted by Crippen LogP contribution is -2.34. The zero-order chi connectivity index (χ0) is 13.7. The molecule has 1 aromatic carbocycles. The largest absolute Gasteiger partial charge is 0.494 e. The lowest BCUT2D eigenvalue weighted by molar-refractivity contribution is 0.187. The smallest absolute Gasteiger partial charge is 0.119 e. The molecule has 1 heterocycles. The van der Waals surface area contributed by atoms with Gasteiger partial charge in [-0.15, -0.1) is 0 Å². The first kappa shape index (κ1) is 14.9. The maximum Gasteiger partial charge on any atom is 0.119 e. The summed E-state index contributed by atoms with van der Waals surface area (Å²) in [5.74, 6) is 0.983. The van der Waals surface area contributed by atoms with Gasteiger partial charge >= 0.3 is 0 Å². The third-order valence-electron chi connectivity index (χ3n) is 4.13. The summed E-state index contributed by atoms with van der Waals surface area (Å²) in [4.78, 5) is 0. The first-order valence-corrected chi connectivity index (χ1v) is 7.98. The van der Waals surface area contributed by atoms with Crippen LogP contribution in [0.15, 0.2) is 22.7 Å². The van der Waals surface area contributed by atoms with Crippen LogP contribution < -0.4 is 10.1 Å². The van der Waals surface area contributed by atoms with Crippen molar-refractivity contribution in [3.63, 3.8) is 0 Å². The lowest BCUT2D eigenvalue weighted by Gasteiger charge is -2.34. The zero-order valence-electron chi connectivity index (χ0n) is 12.0. The zero-order valence-corrected chi connectivity index (χ0v) is 13.6. The predicted octanol–water partition coefficient (Wildman–Crippen LogP) is 4.31. The molecule has 0 radical (unpaired) electrons. The average Bonchev–Trinajstić information content (AvgIpc) is 2.40. The van der Waals surface area contributed by atoms with Crippen molar-refractivity contribution in [1.29, 1.82) is 0 Å². The molecule has 2 nitrogen and oxygen atoms in total. The summed E-state index contributed by atoms with van der Waals surface area (Å²) in [5, 5.41) is 3.43. The molecule has 1 aliphatic rings. The highest BCUT2D eigenvalue weighted by atomic mass is 79.9. The van der Waals surface area contributed by atoms with E-state index in [1.165, 1.54) is 37.9 Å². The highest BCUT2D eigenvalue weighted by Crippen LogP contribution is 2.33. The van der Waals surface area contributed by atoms with Crippen LogP contribution in [0.1, 0.15) is 38.2 Å². The van der Waals surface area contributed by atoms with Gasteiger partial charge in [0, 0.05) is 4.47 Å². The summed E-state index contributed by atoms with van der Waals surface area (Å²) in [6.07, 6.45) is 5.00. The molecule has 19 heavy (non-hydrogen) atoms. The first-order chi connectivity index (χ1) is 9.09. The Balaban J connectivity index is 1.72. The monoisotopic (exact) mass is 325 g/mol. The van der Waals surface area contributed by atoms with Gasteiger partial charge in [0.25, 0.3) is 0 Å². The van der Waals surface area contributed by atoms with E-state index < -0.39 is 0 Å². The molecular formula is C16H24BrNO. The van der Waals surface area contributed by atoms with E-state index in [4.69, 9.17) is 4.74 Å². The van der Waals surface area contributed by atoms with Crippen LogP contribution in [0.5, 0.6) is 5.75 Å². The molecule has 106 valence electrons. The predicted molar refractivity (Wildman–Crippen MR) is 83.8 cm³/mol. The molecule has 0 spiro atoms. The molecule has 0 atom stereocenters. The maximum absolute atomic E-state index is 5.84. The standard InChI is InChI=1S/C16H24BrNO/c1-13-12-14(4-5-15(13)17)19-11-3-6-16(2)7-9-18-10-8-16/h4-5,12,18H,3,6-11H2,1-2H3. The average molecular weight is 326 g/mol. The van der Waals surface area contributed by atoms with E-state index in [1.807, 2.05) is 6.07 Å². The summed E-state index contributed by atoms with van der Waals surface area (Å²) in [6, 6.07) is 6.18. The fraction of sp³-hybridized carbons (Fsp3) is 0.625. The van der Waals surface area contributed by atoms with Crippen LogP contribution in [-0.2, 0) is 0 Å². The Morgan fingerprint density at radius 3 is 2.74 bits per heavy atom. The fourth-order valence-corrected chi connectivity index (χ4v) is 2.92. The van der Waals surface area contributed by atoms with Gasteiger partial charge in [0.15, 0.2) is 0 Å². The van der Waals surface area contributed by atoms with Crippen molar-refractivity contribution >= 4 is 15.9 Å². The second-order valence-electron chi connectivity index (χ2n) is 5.92. The molecule has 0 amide bonds. The first-order valence-electron chi connectivity index (χ1n) is 7.19. The number of rotatable bonds is 5. The summed E-state index contributed by atoms with van der Waals surface area (Å²) >= 11 is 3.51. The molecule has 0 aliphatic carbocycles. The van der Waals surface area contributed by atoms with Gasteiger partial charge in [-0.2, -0.15) is 0 Å². The van der Waals surface area contributed by atoms with Gasteiger partial charge in [-0.1, -0.05) is 22.9 Å². The lowest BCUT2D eigenvalue weighted by atomic mass is 9.77. The number of ether oxygens (including phenoxy) is 1. The summed E-state index contributed by atoms with van der Waals surface area (Å²) in [7, 11) is 0. The molecule has 2 rings (SSSR count). The third-order valence-corrected chi connectivity index (χ3v) is 5.02. The Hall–Kier alpha value is -0.540. The van der Waals surface area contributed by atoms with Gasteiger partial charge < -0.3 is 10.1 Å². The van der Waals surface area contributed by atoms with Crippen LogP contribution >= 0.6 is 15.9 Å². The fourth-order valence-electron chi connectivity index (χ4n) is 2.68. The van der Waals surface area contributed by atoms with Gasteiger partial charge in [-0.25, -0.2) is 0 Å². The van der Waals surface area contributed by atoms with E-state index in [9.17, 15) is 0 Å². The molecule has 1 aliphatic heterocycles. The number of halogens is 1. The van der Waals surface area contributed by atoms with Crippen molar-refractivity contribution in [2.75, 3.05) is 19.7 Å². The van der Waals surface area contributed by atoms with Gasteiger partial charge in [0.1, 0.15) is 5.75 Å².